The number of benzene rings is 2. The second kappa shape index (κ2) is 4.10. The number of para-hydroxylation sites is 1. The van der Waals surface area contributed by atoms with E-state index in [0.717, 1.165) is 0 Å². The van der Waals surface area contributed by atoms with Gasteiger partial charge in [0.25, 0.3) is 5.69 Å². The molecule has 0 aliphatic heterocycles. The minimum atomic E-state index is -0.472. The fraction of sp³-hybridized carbons (Fsp3) is 0. The molecule has 0 radical (unpaired) electrons. The van der Waals surface area contributed by atoms with Crippen LogP contribution in [0.2, 0.25) is 0 Å². The first kappa shape index (κ1) is 10.3. The number of nitrogens with zero attached hydrogens (tertiary/aromatic N) is 1. The molecule has 0 bridgehead atoms. The average molecular weight is 217 g/mol. The number of hydrogen-bond donors (Lipinski definition) is 0. The zero-order valence-electron chi connectivity index (χ0n) is 8.26. The molecule has 0 saturated heterocycles. The molecule has 0 unspecified atom stereocenters. The van der Waals surface area contributed by atoms with Crippen LogP contribution >= 0.6 is 0 Å². The lowest BCUT2D eigenvalue weighted by molar-refractivity contribution is -0.384. The molecule has 80 valence electrons. The van der Waals surface area contributed by atoms with Crippen LogP contribution in [0.5, 0.6) is 0 Å². The van der Waals surface area contributed by atoms with Gasteiger partial charge in [-0.05, 0) is 23.8 Å². The van der Waals surface area contributed by atoms with Crippen molar-refractivity contribution in [2.75, 3.05) is 0 Å². The van der Waals surface area contributed by atoms with Crippen molar-refractivity contribution >= 4 is 5.69 Å². The highest BCUT2D eigenvalue weighted by Gasteiger charge is 2.13. The topological polar surface area (TPSA) is 43.1 Å². The SMILES string of the molecule is O=[N+]([O-])c1ccccc1-c1cccc(F)c1. The molecule has 0 aliphatic rings. The third-order valence-electron chi connectivity index (χ3n) is 2.24. The maximum absolute atomic E-state index is 13.0. The fourth-order valence-electron chi connectivity index (χ4n) is 1.53. The van der Waals surface area contributed by atoms with Gasteiger partial charge in [0.05, 0.1) is 10.5 Å². The number of nitro benzene ring substituents is 1. The Morgan fingerprint density at radius 3 is 2.50 bits per heavy atom. The van der Waals surface area contributed by atoms with Crippen molar-refractivity contribution in [3.63, 3.8) is 0 Å². The Kier molecular flexibility index (Phi) is 2.64. The molecular weight excluding hydrogens is 209 g/mol. The minimum Gasteiger partial charge on any atom is -0.258 e. The van der Waals surface area contributed by atoms with E-state index in [1.54, 1.807) is 24.3 Å². The van der Waals surface area contributed by atoms with Crippen LogP contribution < -0.4 is 0 Å². The Balaban J connectivity index is 2.60. The fourth-order valence-corrected chi connectivity index (χ4v) is 1.53. The van der Waals surface area contributed by atoms with Gasteiger partial charge >= 0.3 is 0 Å². The third-order valence-corrected chi connectivity index (χ3v) is 2.24. The monoisotopic (exact) mass is 217 g/mol. The van der Waals surface area contributed by atoms with Gasteiger partial charge in [-0.3, -0.25) is 10.1 Å². The Morgan fingerprint density at radius 1 is 1.06 bits per heavy atom. The van der Waals surface area contributed by atoms with E-state index in [1.165, 1.54) is 24.3 Å². The van der Waals surface area contributed by atoms with E-state index in [4.69, 9.17) is 0 Å². The van der Waals surface area contributed by atoms with E-state index < -0.39 is 10.7 Å². The summed E-state index contributed by atoms with van der Waals surface area (Å²) in [5.74, 6) is -0.407. The molecule has 3 nitrogen and oxygen atoms in total. The summed E-state index contributed by atoms with van der Waals surface area (Å²) in [5, 5.41) is 10.8. The van der Waals surface area contributed by atoms with Crippen molar-refractivity contribution in [3.05, 3.63) is 64.5 Å². The first-order valence-corrected chi connectivity index (χ1v) is 4.68. The standard InChI is InChI=1S/C12H8FNO2/c13-10-5-3-4-9(8-10)11-6-1-2-7-12(11)14(15)16/h1-8H. The quantitative estimate of drug-likeness (QED) is 0.571. The van der Waals surface area contributed by atoms with Gasteiger partial charge in [-0.25, -0.2) is 4.39 Å². The van der Waals surface area contributed by atoms with Crippen LogP contribution in [0.25, 0.3) is 11.1 Å². The van der Waals surface area contributed by atoms with Crippen molar-refractivity contribution < 1.29 is 9.31 Å². The van der Waals surface area contributed by atoms with Gasteiger partial charge < -0.3 is 0 Å². The maximum Gasteiger partial charge on any atom is 0.277 e. The lowest BCUT2D eigenvalue weighted by atomic mass is 10.0. The Morgan fingerprint density at radius 2 is 1.81 bits per heavy atom. The van der Waals surface area contributed by atoms with Gasteiger partial charge in [-0.15, -0.1) is 0 Å². The molecule has 4 heteroatoms. The van der Waals surface area contributed by atoms with Crippen LogP contribution in [0.1, 0.15) is 0 Å². The van der Waals surface area contributed by atoms with Crippen LogP contribution in [-0.2, 0) is 0 Å². The second-order valence-corrected chi connectivity index (χ2v) is 3.28. The van der Waals surface area contributed by atoms with E-state index in [1.807, 2.05) is 0 Å². The molecule has 0 saturated carbocycles. The first-order chi connectivity index (χ1) is 7.68. The first-order valence-electron chi connectivity index (χ1n) is 4.68. The molecule has 2 aromatic rings. The summed E-state index contributed by atoms with van der Waals surface area (Å²) >= 11 is 0. The van der Waals surface area contributed by atoms with Gasteiger partial charge in [0.2, 0.25) is 0 Å². The summed E-state index contributed by atoms with van der Waals surface area (Å²) in [4.78, 5) is 10.3. The molecule has 0 fully saturated rings. The highest BCUT2D eigenvalue weighted by molar-refractivity contribution is 5.73. The largest absolute Gasteiger partial charge is 0.277 e. The van der Waals surface area contributed by atoms with Crippen molar-refractivity contribution in [2.24, 2.45) is 0 Å². The number of nitro groups is 1. The van der Waals surface area contributed by atoms with Crippen LogP contribution in [0.3, 0.4) is 0 Å². The molecule has 0 N–H and O–H groups in total. The lowest BCUT2D eigenvalue weighted by Crippen LogP contribution is -1.91. The molecule has 0 atom stereocenters. The molecule has 0 amide bonds. The molecule has 16 heavy (non-hydrogen) atoms. The van der Waals surface area contributed by atoms with Gasteiger partial charge in [-0.2, -0.15) is 0 Å². The summed E-state index contributed by atoms with van der Waals surface area (Å²) < 4.78 is 13.0. The molecule has 2 rings (SSSR count). The summed E-state index contributed by atoms with van der Waals surface area (Å²) in [6.45, 7) is 0. The van der Waals surface area contributed by atoms with Gasteiger partial charge in [0.15, 0.2) is 0 Å². The van der Waals surface area contributed by atoms with Crippen LogP contribution in [-0.4, -0.2) is 4.92 Å². The highest BCUT2D eigenvalue weighted by Crippen LogP contribution is 2.29. The van der Waals surface area contributed by atoms with Gasteiger partial charge in [0.1, 0.15) is 5.82 Å². The van der Waals surface area contributed by atoms with Crippen LogP contribution in [0.4, 0.5) is 10.1 Å². The molecular formula is C12H8FNO2. The molecule has 2 aromatic carbocycles. The predicted octanol–water partition coefficient (Wildman–Crippen LogP) is 3.40. The summed E-state index contributed by atoms with van der Waals surface area (Å²) in [6.07, 6.45) is 0. The smallest absolute Gasteiger partial charge is 0.258 e. The van der Waals surface area contributed by atoms with Crippen molar-refractivity contribution in [1.29, 1.82) is 0 Å². The highest BCUT2D eigenvalue weighted by atomic mass is 19.1. The zero-order valence-corrected chi connectivity index (χ0v) is 8.26. The summed E-state index contributed by atoms with van der Waals surface area (Å²) in [6, 6.07) is 12.0. The second-order valence-electron chi connectivity index (χ2n) is 3.28. The Bertz CT molecular complexity index is 540. The van der Waals surface area contributed by atoms with Crippen LogP contribution in [0.15, 0.2) is 48.5 Å². The van der Waals surface area contributed by atoms with Gasteiger partial charge in [0, 0.05) is 6.07 Å². The van der Waals surface area contributed by atoms with Crippen LogP contribution in [0, 0.1) is 15.9 Å². The van der Waals surface area contributed by atoms with E-state index in [9.17, 15) is 14.5 Å². The Labute approximate surface area is 91.3 Å². The predicted molar refractivity (Wildman–Crippen MR) is 58.5 cm³/mol. The maximum atomic E-state index is 13.0. The molecule has 0 aromatic heterocycles. The molecule has 0 heterocycles. The normalized spacial score (nSPS) is 10.1. The molecule has 0 aliphatic carbocycles. The number of rotatable bonds is 2. The van der Waals surface area contributed by atoms with Crippen molar-refractivity contribution in [2.45, 2.75) is 0 Å². The average Bonchev–Trinajstić information content (AvgIpc) is 2.29. The molecule has 0 spiro atoms. The summed E-state index contributed by atoms with van der Waals surface area (Å²) in [5.41, 5.74) is 0.910. The number of halogens is 1. The third kappa shape index (κ3) is 1.91. The number of hydrogen-bond acceptors (Lipinski definition) is 2. The summed E-state index contributed by atoms with van der Waals surface area (Å²) in [7, 11) is 0. The van der Waals surface area contributed by atoms with E-state index >= 15 is 0 Å². The lowest BCUT2D eigenvalue weighted by Gasteiger charge is -2.02. The van der Waals surface area contributed by atoms with E-state index in [0.29, 0.717) is 11.1 Å². The van der Waals surface area contributed by atoms with Gasteiger partial charge in [-0.1, -0.05) is 24.3 Å². The Hall–Kier alpha value is -2.23. The van der Waals surface area contributed by atoms with Crippen molar-refractivity contribution in [1.82, 2.24) is 0 Å². The zero-order chi connectivity index (χ0) is 11.5. The van der Waals surface area contributed by atoms with E-state index in [2.05, 4.69) is 0 Å². The minimum absolute atomic E-state index is 0.0203. The van der Waals surface area contributed by atoms with E-state index in [-0.39, 0.29) is 5.69 Å². The van der Waals surface area contributed by atoms with Crippen molar-refractivity contribution in [3.8, 4) is 11.1 Å².